The molecule has 0 radical (unpaired) electrons. The highest BCUT2D eigenvalue weighted by Crippen LogP contribution is 2.21. The molecular weight excluding hydrogens is 245 g/mol. The van der Waals surface area contributed by atoms with Gasteiger partial charge in [-0.1, -0.05) is 12.1 Å². The third kappa shape index (κ3) is 3.61. The molecule has 0 aliphatic heterocycles. The number of nitrogens with one attached hydrogen (secondary N) is 1. The maximum atomic E-state index is 13.6. The molecule has 0 aliphatic carbocycles. The van der Waals surface area contributed by atoms with Crippen LogP contribution in [0.15, 0.2) is 42.5 Å². The largest absolute Gasteiger partial charge is 0.508 e. The molecule has 0 aromatic heterocycles. The minimum Gasteiger partial charge on any atom is -0.508 e. The van der Waals surface area contributed by atoms with Gasteiger partial charge in [-0.3, -0.25) is 0 Å². The number of phenolic OH excluding ortho intramolecular Hbond substituents is 1. The summed E-state index contributed by atoms with van der Waals surface area (Å²) in [6.07, 6.45) is 0. The van der Waals surface area contributed by atoms with Gasteiger partial charge in [-0.25, -0.2) is 4.39 Å². The zero-order chi connectivity index (χ0) is 13.7. The molecule has 0 spiro atoms. The molecule has 2 rings (SSSR count). The molecular formula is C15H16FNO2. The lowest BCUT2D eigenvalue weighted by Crippen LogP contribution is -2.01. The zero-order valence-corrected chi connectivity index (χ0v) is 10.7. The molecule has 0 unspecified atom stereocenters. The van der Waals surface area contributed by atoms with Gasteiger partial charge in [0.05, 0.1) is 6.61 Å². The van der Waals surface area contributed by atoms with E-state index in [9.17, 15) is 9.50 Å². The third-order valence-electron chi connectivity index (χ3n) is 2.64. The van der Waals surface area contributed by atoms with Crippen molar-refractivity contribution in [2.45, 2.75) is 13.5 Å². The monoisotopic (exact) mass is 261 g/mol. The van der Waals surface area contributed by atoms with Crippen LogP contribution in [-0.2, 0) is 6.54 Å². The Morgan fingerprint density at radius 1 is 1.21 bits per heavy atom. The molecule has 3 nitrogen and oxygen atoms in total. The van der Waals surface area contributed by atoms with Crippen molar-refractivity contribution < 1.29 is 14.2 Å². The molecule has 2 aromatic rings. The Bertz CT molecular complexity index is 558. The van der Waals surface area contributed by atoms with Crippen molar-refractivity contribution in [2.24, 2.45) is 0 Å². The van der Waals surface area contributed by atoms with Crippen LogP contribution in [0.25, 0.3) is 0 Å². The maximum Gasteiger partial charge on any atom is 0.167 e. The van der Waals surface area contributed by atoms with Crippen molar-refractivity contribution in [1.82, 2.24) is 0 Å². The molecule has 0 saturated heterocycles. The van der Waals surface area contributed by atoms with E-state index in [-0.39, 0.29) is 17.3 Å². The number of anilines is 1. The molecule has 0 aliphatic rings. The molecule has 100 valence electrons. The summed E-state index contributed by atoms with van der Waals surface area (Å²) in [5.41, 5.74) is 1.60. The lowest BCUT2D eigenvalue weighted by molar-refractivity contribution is 0.321. The first-order chi connectivity index (χ1) is 9.19. The van der Waals surface area contributed by atoms with Gasteiger partial charge in [0.1, 0.15) is 5.75 Å². The first-order valence-electron chi connectivity index (χ1n) is 6.13. The lowest BCUT2D eigenvalue weighted by atomic mass is 10.2. The van der Waals surface area contributed by atoms with Gasteiger partial charge in [0.2, 0.25) is 0 Å². The highest BCUT2D eigenvalue weighted by molar-refractivity contribution is 5.48. The van der Waals surface area contributed by atoms with Gasteiger partial charge < -0.3 is 15.2 Å². The summed E-state index contributed by atoms with van der Waals surface area (Å²) in [6.45, 7) is 2.77. The number of hydrogen-bond acceptors (Lipinski definition) is 3. The number of ether oxygens (including phenoxy) is 1. The third-order valence-corrected chi connectivity index (χ3v) is 2.64. The molecule has 0 saturated carbocycles. The van der Waals surface area contributed by atoms with E-state index in [0.717, 1.165) is 5.56 Å². The second kappa shape index (κ2) is 6.09. The van der Waals surface area contributed by atoms with Crippen LogP contribution in [-0.4, -0.2) is 11.7 Å². The van der Waals surface area contributed by atoms with Crippen molar-refractivity contribution in [2.75, 3.05) is 11.9 Å². The SMILES string of the molecule is CCOc1ccc(NCc2cccc(O)c2)cc1F. The Morgan fingerprint density at radius 2 is 2.05 bits per heavy atom. The summed E-state index contributed by atoms with van der Waals surface area (Å²) >= 11 is 0. The fraction of sp³-hybridized carbons (Fsp3) is 0.200. The maximum absolute atomic E-state index is 13.6. The van der Waals surface area contributed by atoms with E-state index in [0.29, 0.717) is 18.8 Å². The predicted molar refractivity (Wildman–Crippen MR) is 73.0 cm³/mol. The van der Waals surface area contributed by atoms with E-state index in [1.165, 1.54) is 6.07 Å². The molecule has 0 heterocycles. The van der Waals surface area contributed by atoms with Crippen LogP contribution in [0.3, 0.4) is 0 Å². The number of rotatable bonds is 5. The molecule has 4 heteroatoms. The Labute approximate surface area is 111 Å². The lowest BCUT2D eigenvalue weighted by Gasteiger charge is -2.09. The van der Waals surface area contributed by atoms with E-state index in [1.807, 2.05) is 13.0 Å². The van der Waals surface area contributed by atoms with E-state index in [1.54, 1.807) is 30.3 Å². The second-order valence-corrected chi connectivity index (χ2v) is 4.10. The van der Waals surface area contributed by atoms with Crippen LogP contribution < -0.4 is 10.1 Å². The van der Waals surface area contributed by atoms with Gasteiger partial charge in [-0.05, 0) is 36.8 Å². The Kier molecular flexibility index (Phi) is 4.23. The number of hydrogen-bond donors (Lipinski definition) is 2. The van der Waals surface area contributed by atoms with E-state index < -0.39 is 0 Å². The van der Waals surface area contributed by atoms with Crippen LogP contribution >= 0.6 is 0 Å². The van der Waals surface area contributed by atoms with Gasteiger partial charge in [0, 0.05) is 18.3 Å². The van der Waals surface area contributed by atoms with Crippen molar-refractivity contribution in [3.05, 3.63) is 53.8 Å². The minimum atomic E-state index is -0.386. The summed E-state index contributed by atoms with van der Waals surface area (Å²) in [6, 6.07) is 11.7. The standard InChI is InChI=1S/C15H16FNO2/c1-2-19-15-7-6-12(9-14(15)16)17-10-11-4-3-5-13(18)8-11/h3-9,17-18H,2,10H2,1H3. The average molecular weight is 261 g/mol. The summed E-state index contributed by atoms with van der Waals surface area (Å²) in [4.78, 5) is 0. The van der Waals surface area contributed by atoms with Crippen molar-refractivity contribution >= 4 is 5.69 Å². The van der Waals surface area contributed by atoms with Gasteiger partial charge >= 0.3 is 0 Å². The van der Waals surface area contributed by atoms with Crippen LogP contribution in [0.2, 0.25) is 0 Å². The highest BCUT2D eigenvalue weighted by Gasteiger charge is 2.04. The van der Waals surface area contributed by atoms with Gasteiger partial charge in [-0.2, -0.15) is 0 Å². The number of phenols is 1. The quantitative estimate of drug-likeness (QED) is 0.865. The fourth-order valence-corrected chi connectivity index (χ4v) is 1.75. The summed E-state index contributed by atoms with van der Waals surface area (Å²) in [7, 11) is 0. The fourth-order valence-electron chi connectivity index (χ4n) is 1.75. The van der Waals surface area contributed by atoms with E-state index >= 15 is 0 Å². The van der Waals surface area contributed by atoms with Crippen LogP contribution in [0.1, 0.15) is 12.5 Å². The van der Waals surface area contributed by atoms with Crippen LogP contribution in [0, 0.1) is 5.82 Å². The number of benzene rings is 2. The number of halogens is 1. The van der Waals surface area contributed by atoms with Gasteiger partial charge in [-0.15, -0.1) is 0 Å². The van der Waals surface area contributed by atoms with Crippen molar-refractivity contribution in [3.8, 4) is 11.5 Å². The molecule has 0 amide bonds. The first kappa shape index (κ1) is 13.2. The Morgan fingerprint density at radius 3 is 2.74 bits per heavy atom. The molecule has 0 atom stereocenters. The van der Waals surface area contributed by atoms with Crippen LogP contribution in [0.5, 0.6) is 11.5 Å². The van der Waals surface area contributed by atoms with Crippen molar-refractivity contribution in [3.63, 3.8) is 0 Å². The molecule has 0 bridgehead atoms. The molecule has 0 fully saturated rings. The predicted octanol–water partition coefficient (Wildman–Crippen LogP) is 3.54. The highest BCUT2D eigenvalue weighted by atomic mass is 19.1. The molecule has 2 N–H and O–H groups in total. The minimum absolute atomic E-state index is 0.220. The summed E-state index contributed by atoms with van der Waals surface area (Å²) in [5.74, 6) is 0.0883. The van der Waals surface area contributed by atoms with E-state index in [2.05, 4.69) is 5.32 Å². The van der Waals surface area contributed by atoms with Gasteiger partial charge in [0.15, 0.2) is 11.6 Å². The first-order valence-corrected chi connectivity index (χ1v) is 6.13. The van der Waals surface area contributed by atoms with Crippen LogP contribution in [0.4, 0.5) is 10.1 Å². The smallest absolute Gasteiger partial charge is 0.167 e. The zero-order valence-electron chi connectivity index (χ0n) is 10.7. The van der Waals surface area contributed by atoms with Gasteiger partial charge in [0.25, 0.3) is 0 Å². The topological polar surface area (TPSA) is 41.5 Å². The Hall–Kier alpha value is -2.23. The second-order valence-electron chi connectivity index (χ2n) is 4.10. The van der Waals surface area contributed by atoms with E-state index in [4.69, 9.17) is 4.74 Å². The van der Waals surface area contributed by atoms with Crippen molar-refractivity contribution in [1.29, 1.82) is 0 Å². The normalized spacial score (nSPS) is 10.2. The average Bonchev–Trinajstić information content (AvgIpc) is 2.39. The Balaban J connectivity index is 2.02. The summed E-state index contributed by atoms with van der Waals surface area (Å²) in [5, 5.41) is 12.4. The number of aromatic hydroxyl groups is 1. The summed E-state index contributed by atoms with van der Waals surface area (Å²) < 4.78 is 18.8. The molecule has 19 heavy (non-hydrogen) atoms. The molecule has 2 aromatic carbocycles.